The minimum Gasteiger partial charge on any atom is -0.157 e. The number of aryl methyl sites for hydroxylation is 1. The van der Waals surface area contributed by atoms with Gasteiger partial charge in [0.15, 0.2) is 0 Å². The van der Waals surface area contributed by atoms with Crippen LogP contribution in [0.4, 0.5) is 0 Å². The standard InChI is InChI=1S/C15H15ClS/c16-15-8-6-13(7-9-15)10-11-17-12-14-4-2-1-3-5-14/h1-9H,10-12H2. The molecule has 0 saturated heterocycles. The summed E-state index contributed by atoms with van der Waals surface area (Å²) >= 11 is 7.82. The lowest BCUT2D eigenvalue weighted by molar-refractivity contribution is 1.15. The Balaban J connectivity index is 1.71. The van der Waals surface area contributed by atoms with Crippen molar-refractivity contribution in [1.29, 1.82) is 0 Å². The van der Waals surface area contributed by atoms with Crippen LogP contribution in [0.5, 0.6) is 0 Å². The van der Waals surface area contributed by atoms with Crippen LogP contribution >= 0.6 is 23.4 Å². The van der Waals surface area contributed by atoms with Crippen LogP contribution < -0.4 is 0 Å². The molecule has 0 bridgehead atoms. The van der Waals surface area contributed by atoms with Crippen LogP contribution in [0, 0.1) is 0 Å². The van der Waals surface area contributed by atoms with Crippen LogP contribution in [-0.2, 0) is 12.2 Å². The summed E-state index contributed by atoms with van der Waals surface area (Å²) in [4.78, 5) is 0. The van der Waals surface area contributed by atoms with Crippen molar-refractivity contribution >= 4 is 23.4 Å². The fourth-order valence-electron chi connectivity index (χ4n) is 1.61. The van der Waals surface area contributed by atoms with Gasteiger partial charge in [0.25, 0.3) is 0 Å². The fourth-order valence-corrected chi connectivity index (χ4v) is 2.68. The molecule has 2 aromatic carbocycles. The van der Waals surface area contributed by atoms with Crippen molar-refractivity contribution < 1.29 is 0 Å². The van der Waals surface area contributed by atoms with E-state index in [2.05, 4.69) is 42.5 Å². The molecule has 0 radical (unpaired) electrons. The summed E-state index contributed by atoms with van der Waals surface area (Å²) in [6.45, 7) is 0. The second-order valence-electron chi connectivity index (χ2n) is 3.91. The van der Waals surface area contributed by atoms with Crippen LogP contribution in [0.1, 0.15) is 11.1 Å². The maximum Gasteiger partial charge on any atom is 0.0406 e. The molecule has 0 amide bonds. The van der Waals surface area contributed by atoms with Gasteiger partial charge >= 0.3 is 0 Å². The molecule has 88 valence electrons. The molecule has 0 saturated carbocycles. The van der Waals surface area contributed by atoms with E-state index in [0.717, 1.165) is 22.9 Å². The van der Waals surface area contributed by atoms with Gasteiger partial charge in [-0.15, -0.1) is 0 Å². The predicted molar refractivity (Wildman–Crippen MR) is 77.8 cm³/mol. The number of benzene rings is 2. The van der Waals surface area contributed by atoms with Crippen molar-refractivity contribution in [3.63, 3.8) is 0 Å². The van der Waals surface area contributed by atoms with Crippen LogP contribution in [0.3, 0.4) is 0 Å². The Labute approximate surface area is 112 Å². The molecule has 0 fully saturated rings. The van der Waals surface area contributed by atoms with E-state index in [1.807, 2.05) is 23.9 Å². The van der Waals surface area contributed by atoms with Crippen molar-refractivity contribution in [3.8, 4) is 0 Å². The number of thioether (sulfide) groups is 1. The zero-order valence-corrected chi connectivity index (χ0v) is 11.2. The van der Waals surface area contributed by atoms with Gasteiger partial charge in [-0.1, -0.05) is 54.1 Å². The number of rotatable bonds is 5. The van der Waals surface area contributed by atoms with E-state index >= 15 is 0 Å². The monoisotopic (exact) mass is 262 g/mol. The molecule has 0 N–H and O–H groups in total. The Morgan fingerprint density at radius 1 is 0.824 bits per heavy atom. The summed E-state index contributed by atoms with van der Waals surface area (Å²) in [6.07, 6.45) is 1.11. The molecule has 0 aliphatic heterocycles. The maximum atomic E-state index is 5.85. The Kier molecular flexibility index (Phi) is 4.96. The van der Waals surface area contributed by atoms with Gasteiger partial charge in [-0.2, -0.15) is 11.8 Å². The van der Waals surface area contributed by atoms with E-state index in [4.69, 9.17) is 11.6 Å². The van der Waals surface area contributed by atoms with E-state index in [9.17, 15) is 0 Å². The molecule has 0 nitrogen and oxygen atoms in total. The van der Waals surface area contributed by atoms with Crippen molar-refractivity contribution in [3.05, 3.63) is 70.7 Å². The Bertz CT molecular complexity index is 436. The van der Waals surface area contributed by atoms with E-state index in [-0.39, 0.29) is 0 Å². The summed E-state index contributed by atoms with van der Waals surface area (Å²) in [5, 5.41) is 0.811. The lowest BCUT2D eigenvalue weighted by Crippen LogP contribution is -1.89. The zero-order valence-electron chi connectivity index (χ0n) is 9.60. The molecule has 2 aromatic rings. The highest BCUT2D eigenvalue weighted by Crippen LogP contribution is 2.15. The quantitative estimate of drug-likeness (QED) is 0.697. The van der Waals surface area contributed by atoms with Gasteiger partial charge in [0.1, 0.15) is 0 Å². The van der Waals surface area contributed by atoms with Gasteiger partial charge in [0.05, 0.1) is 0 Å². The molecular weight excluding hydrogens is 248 g/mol. The number of halogens is 1. The summed E-state index contributed by atoms with van der Waals surface area (Å²) in [6, 6.07) is 18.7. The summed E-state index contributed by atoms with van der Waals surface area (Å²) in [5.41, 5.74) is 2.75. The van der Waals surface area contributed by atoms with Crippen LogP contribution in [0.2, 0.25) is 5.02 Å². The lowest BCUT2D eigenvalue weighted by Gasteiger charge is -2.02. The van der Waals surface area contributed by atoms with Crippen LogP contribution in [-0.4, -0.2) is 5.75 Å². The van der Waals surface area contributed by atoms with Gasteiger partial charge in [0.2, 0.25) is 0 Å². The summed E-state index contributed by atoms with van der Waals surface area (Å²) in [5.74, 6) is 2.24. The van der Waals surface area contributed by atoms with E-state index < -0.39 is 0 Å². The third-order valence-corrected chi connectivity index (χ3v) is 3.84. The number of hydrogen-bond donors (Lipinski definition) is 0. The highest BCUT2D eigenvalue weighted by atomic mass is 35.5. The summed E-state index contributed by atoms with van der Waals surface area (Å²) < 4.78 is 0. The molecule has 0 atom stereocenters. The molecule has 0 heterocycles. The van der Waals surface area contributed by atoms with E-state index in [1.165, 1.54) is 11.1 Å². The minimum atomic E-state index is 0.811. The first-order valence-electron chi connectivity index (χ1n) is 5.71. The van der Waals surface area contributed by atoms with Crippen molar-refractivity contribution in [2.75, 3.05) is 5.75 Å². The van der Waals surface area contributed by atoms with Crippen molar-refractivity contribution in [1.82, 2.24) is 0 Å². The Hall–Kier alpha value is -0.920. The van der Waals surface area contributed by atoms with Gasteiger partial charge in [-0.3, -0.25) is 0 Å². The van der Waals surface area contributed by atoms with Gasteiger partial charge < -0.3 is 0 Å². The average molecular weight is 263 g/mol. The molecule has 0 unspecified atom stereocenters. The molecule has 17 heavy (non-hydrogen) atoms. The van der Waals surface area contributed by atoms with Crippen LogP contribution in [0.25, 0.3) is 0 Å². The summed E-state index contributed by atoms with van der Waals surface area (Å²) in [7, 11) is 0. The molecule has 0 spiro atoms. The van der Waals surface area contributed by atoms with Gasteiger partial charge in [-0.05, 0) is 35.4 Å². The minimum absolute atomic E-state index is 0.811. The normalized spacial score (nSPS) is 10.4. The average Bonchev–Trinajstić information content (AvgIpc) is 2.38. The smallest absolute Gasteiger partial charge is 0.0406 e. The van der Waals surface area contributed by atoms with Crippen molar-refractivity contribution in [2.24, 2.45) is 0 Å². The lowest BCUT2D eigenvalue weighted by atomic mass is 10.2. The highest BCUT2D eigenvalue weighted by Gasteiger charge is 1.95. The highest BCUT2D eigenvalue weighted by molar-refractivity contribution is 7.98. The fraction of sp³-hybridized carbons (Fsp3) is 0.200. The molecule has 2 rings (SSSR count). The molecular formula is C15H15ClS. The first-order chi connectivity index (χ1) is 8.34. The molecule has 0 aliphatic rings. The molecule has 0 aromatic heterocycles. The van der Waals surface area contributed by atoms with E-state index in [0.29, 0.717) is 0 Å². The molecule has 0 aliphatic carbocycles. The SMILES string of the molecule is Clc1ccc(CCSCc2ccccc2)cc1. The topological polar surface area (TPSA) is 0 Å². The first-order valence-corrected chi connectivity index (χ1v) is 7.24. The van der Waals surface area contributed by atoms with Gasteiger partial charge in [0, 0.05) is 10.8 Å². The van der Waals surface area contributed by atoms with Gasteiger partial charge in [-0.25, -0.2) is 0 Å². The first kappa shape index (κ1) is 12.5. The number of hydrogen-bond acceptors (Lipinski definition) is 1. The van der Waals surface area contributed by atoms with E-state index in [1.54, 1.807) is 0 Å². The third-order valence-electron chi connectivity index (χ3n) is 2.56. The Morgan fingerprint density at radius 2 is 1.53 bits per heavy atom. The molecule has 2 heteroatoms. The predicted octanol–water partition coefficient (Wildman–Crippen LogP) is 4.82. The Morgan fingerprint density at radius 3 is 2.24 bits per heavy atom. The van der Waals surface area contributed by atoms with Crippen molar-refractivity contribution in [2.45, 2.75) is 12.2 Å². The zero-order chi connectivity index (χ0) is 11.9. The second kappa shape index (κ2) is 6.73. The second-order valence-corrected chi connectivity index (χ2v) is 5.46. The largest absolute Gasteiger partial charge is 0.157 e. The maximum absolute atomic E-state index is 5.85. The third kappa shape index (κ3) is 4.45. The van der Waals surface area contributed by atoms with Crippen LogP contribution in [0.15, 0.2) is 54.6 Å².